The van der Waals surface area contributed by atoms with Gasteiger partial charge in [-0.25, -0.2) is 9.37 Å². The zero-order valence-corrected chi connectivity index (χ0v) is 23.7. The quantitative estimate of drug-likeness (QED) is 0.324. The molecule has 2 aliphatic rings. The number of hydrogen-bond acceptors (Lipinski definition) is 5. The van der Waals surface area contributed by atoms with Crippen LogP contribution in [0, 0.1) is 11.7 Å². The molecular weight excluding hydrogens is 527 g/mol. The fourth-order valence-electron chi connectivity index (χ4n) is 5.45. The smallest absolute Gasteiger partial charge is 0.254 e. The Hall–Kier alpha value is -3.56. The molecule has 6 rings (SSSR count). The Bertz CT molecular complexity index is 1630. The highest BCUT2D eigenvalue weighted by Gasteiger charge is 2.32. The van der Waals surface area contributed by atoms with E-state index in [1.54, 1.807) is 17.9 Å². The van der Waals surface area contributed by atoms with Crippen molar-refractivity contribution in [3.63, 3.8) is 0 Å². The Balaban J connectivity index is 1.25. The van der Waals surface area contributed by atoms with E-state index in [9.17, 15) is 9.00 Å². The minimum atomic E-state index is -1.47. The minimum absolute atomic E-state index is 0.123. The van der Waals surface area contributed by atoms with Gasteiger partial charge in [-0.1, -0.05) is 26.0 Å². The summed E-state index contributed by atoms with van der Waals surface area (Å²) in [6.45, 7) is 5.84. The second kappa shape index (κ2) is 10.8. The molecule has 208 valence electrons. The molecule has 4 aromatic rings. The van der Waals surface area contributed by atoms with Crippen molar-refractivity contribution in [2.45, 2.75) is 50.7 Å². The zero-order valence-electron chi connectivity index (χ0n) is 22.9. The van der Waals surface area contributed by atoms with Crippen LogP contribution in [0.2, 0.25) is 0 Å². The first-order chi connectivity index (χ1) is 19.3. The second-order valence-electron chi connectivity index (χ2n) is 10.7. The molecule has 0 spiro atoms. The number of benzene rings is 3. The predicted molar refractivity (Wildman–Crippen MR) is 154 cm³/mol. The van der Waals surface area contributed by atoms with Crippen molar-refractivity contribution in [1.29, 1.82) is 0 Å². The summed E-state index contributed by atoms with van der Waals surface area (Å²) in [4.78, 5) is 23.6. The summed E-state index contributed by atoms with van der Waals surface area (Å²) in [5, 5.41) is 3.54. The Kier molecular flexibility index (Phi) is 7.18. The van der Waals surface area contributed by atoms with Gasteiger partial charge in [0.05, 0.1) is 39.8 Å². The van der Waals surface area contributed by atoms with Crippen LogP contribution in [-0.2, 0) is 30.3 Å². The third-order valence-electron chi connectivity index (χ3n) is 7.93. The van der Waals surface area contributed by atoms with Gasteiger partial charge in [0, 0.05) is 35.5 Å². The second-order valence-corrected chi connectivity index (χ2v) is 12.1. The molecule has 1 aliphatic carbocycles. The molecule has 7 nitrogen and oxygen atoms in total. The van der Waals surface area contributed by atoms with E-state index in [2.05, 4.69) is 35.4 Å². The van der Waals surface area contributed by atoms with Gasteiger partial charge in [0.1, 0.15) is 24.0 Å². The first-order valence-electron chi connectivity index (χ1n) is 13.7. The average molecular weight is 561 g/mol. The van der Waals surface area contributed by atoms with Crippen LogP contribution in [-0.4, -0.2) is 50.4 Å². The highest BCUT2D eigenvalue weighted by atomic mass is 32.2. The van der Waals surface area contributed by atoms with Crippen molar-refractivity contribution < 1.29 is 18.1 Å². The van der Waals surface area contributed by atoms with Crippen molar-refractivity contribution in [3.8, 4) is 16.9 Å². The molecule has 9 heteroatoms. The Morgan fingerprint density at radius 2 is 1.98 bits per heavy atom. The Morgan fingerprint density at radius 1 is 1.20 bits per heavy atom. The molecule has 1 fully saturated rings. The van der Waals surface area contributed by atoms with Crippen molar-refractivity contribution in [3.05, 3.63) is 76.9 Å². The maximum absolute atomic E-state index is 15.1. The normalized spacial score (nSPS) is 19.1. The monoisotopic (exact) mass is 560 g/mol. The van der Waals surface area contributed by atoms with Crippen molar-refractivity contribution in [2.24, 2.45) is 5.92 Å². The summed E-state index contributed by atoms with van der Waals surface area (Å²) in [5.41, 5.74) is 5.44. The highest BCUT2D eigenvalue weighted by Crippen LogP contribution is 2.32. The number of carbonyl (C=O) groups is 1. The third kappa shape index (κ3) is 5.15. The minimum Gasteiger partial charge on any atom is -0.491 e. The van der Waals surface area contributed by atoms with Gasteiger partial charge in [0.25, 0.3) is 5.91 Å². The van der Waals surface area contributed by atoms with Crippen LogP contribution >= 0.6 is 0 Å². The molecular formula is C31H33FN4O3S. The first kappa shape index (κ1) is 26.7. The number of nitrogens with zero attached hydrogens (tertiary/aromatic N) is 2. The van der Waals surface area contributed by atoms with E-state index in [-0.39, 0.29) is 10.8 Å². The average Bonchev–Trinajstić information content (AvgIpc) is 3.57. The standard InChI is InChI=1S/C31H33FN4O3S/c1-4-22-23(7-10-28(30(22)32)40(3)38)31(37)36-11-12-39-27-9-6-19(14-21(27)17-36)20-5-8-24-26(15-20)35-29(34-24)16-33-25-13-18(25)2/h5-10,14-15,18,25,33H,4,11-13,16-17H2,1-3H3,(H,34,35). The number of imidazole rings is 1. The van der Waals surface area contributed by atoms with Gasteiger partial charge in [-0.05, 0) is 66.3 Å². The summed E-state index contributed by atoms with van der Waals surface area (Å²) in [5.74, 6) is 1.59. The van der Waals surface area contributed by atoms with Crippen LogP contribution < -0.4 is 10.1 Å². The number of H-pyrrole nitrogens is 1. The zero-order chi connectivity index (χ0) is 28.0. The summed E-state index contributed by atoms with van der Waals surface area (Å²) >= 11 is 0. The third-order valence-corrected chi connectivity index (χ3v) is 8.87. The topological polar surface area (TPSA) is 87.3 Å². The van der Waals surface area contributed by atoms with Crippen molar-refractivity contribution in [1.82, 2.24) is 20.2 Å². The number of ether oxygens (including phenoxy) is 1. The summed E-state index contributed by atoms with van der Waals surface area (Å²) in [6, 6.07) is 15.9. The van der Waals surface area contributed by atoms with Crippen LogP contribution in [0.15, 0.2) is 53.4 Å². The van der Waals surface area contributed by atoms with E-state index in [1.807, 2.05) is 18.2 Å². The molecule has 3 atom stereocenters. The van der Waals surface area contributed by atoms with Crippen LogP contribution in [0.4, 0.5) is 4.39 Å². The van der Waals surface area contributed by atoms with E-state index < -0.39 is 16.6 Å². The van der Waals surface area contributed by atoms with E-state index in [4.69, 9.17) is 9.72 Å². The number of carbonyl (C=O) groups excluding carboxylic acids is 1. The number of nitrogens with one attached hydrogen (secondary N) is 2. The van der Waals surface area contributed by atoms with Gasteiger partial charge in [0.2, 0.25) is 0 Å². The van der Waals surface area contributed by atoms with Gasteiger partial charge < -0.3 is 19.9 Å². The van der Waals surface area contributed by atoms with Gasteiger partial charge in [-0.3, -0.25) is 9.00 Å². The SMILES string of the molecule is CCc1c(C(=O)N2CCOc3ccc(-c4ccc5nc(CNC6CC6C)[nH]c5c4)cc3C2)ccc(S(C)=O)c1F. The maximum Gasteiger partial charge on any atom is 0.254 e. The molecule has 40 heavy (non-hydrogen) atoms. The van der Waals surface area contributed by atoms with Crippen molar-refractivity contribution >= 4 is 27.7 Å². The molecule has 1 aromatic heterocycles. The molecule has 1 aliphatic heterocycles. The number of hydrogen-bond donors (Lipinski definition) is 2. The molecule has 2 N–H and O–H groups in total. The number of amides is 1. The molecule has 3 aromatic carbocycles. The summed E-state index contributed by atoms with van der Waals surface area (Å²) in [7, 11) is -1.47. The molecule has 0 bridgehead atoms. The lowest BCUT2D eigenvalue weighted by Gasteiger charge is -2.22. The molecule has 0 radical (unpaired) electrons. The Morgan fingerprint density at radius 3 is 2.73 bits per heavy atom. The lowest BCUT2D eigenvalue weighted by molar-refractivity contribution is 0.0731. The van der Waals surface area contributed by atoms with Gasteiger partial charge in [0.15, 0.2) is 0 Å². The largest absolute Gasteiger partial charge is 0.491 e. The van der Waals surface area contributed by atoms with E-state index in [1.165, 1.54) is 18.7 Å². The number of aromatic nitrogens is 2. The maximum atomic E-state index is 15.1. The first-order valence-corrected chi connectivity index (χ1v) is 15.3. The Labute approximate surface area is 235 Å². The number of fused-ring (bicyclic) bond motifs is 2. The van der Waals surface area contributed by atoms with Gasteiger partial charge >= 0.3 is 0 Å². The van der Waals surface area contributed by atoms with E-state index in [0.29, 0.717) is 43.3 Å². The number of halogens is 1. The van der Waals surface area contributed by atoms with Crippen LogP contribution in [0.5, 0.6) is 5.75 Å². The molecule has 2 heterocycles. The van der Waals surface area contributed by atoms with Crippen molar-refractivity contribution in [2.75, 3.05) is 19.4 Å². The number of aromatic amines is 1. The predicted octanol–water partition coefficient (Wildman–Crippen LogP) is 5.20. The highest BCUT2D eigenvalue weighted by molar-refractivity contribution is 7.84. The molecule has 1 saturated carbocycles. The fourth-order valence-corrected chi connectivity index (χ4v) is 6.08. The fraction of sp³-hybridized carbons (Fsp3) is 0.355. The van der Waals surface area contributed by atoms with Crippen LogP contribution in [0.1, 0.15) is 47.6 Å². The lowest BCUT2D eigenvalue weighted by atomic mass is 10.0. The molecule has 0 saturated heterocycles. The molecule has 1 amide bonds. The van der Waals surface area contributed by atoms with Gasteiger partial charge in [-0.2, -0.15) is 0 Å². The lowest BCUT2D eigenvalue weighted by Crippen LogP contribution is -2.33. The van der Waals surface area contributed by atoms with Crippen LogP contribution in [0.3, 0.4) is 0 Å². The molecule has 3 unspecified atom stereocenters. The van der Waals surface area contributed by atoms with E-state index >= 15 is 4.39 Å². The number of rotatable bonds is 7. The van der Waals surface area contributed by atoms with E-state index in [0.717, 1.165) is 51.8 Å². The summed E-state index contributed by atoms with van der Waals surface area (Å²) < 4.78 is 33.0. The summed E-state index contributed by atoms with van der Waals surface area (Å²) in [6.07, 6.45) is 2.99. The van der Waals surface area contributed by atoms with Crippen LogP contribution in [0.25, 0.3) is 22.2 Å². The van der Waals surface area contributed by atoms with Gasteiger partial charge in [-0.15, -0.1) is 0 Å².